The Bertz CT molecular complexity index is 683. The predicted octanol–water partition coefficient (Wildman–Crippen LogP) is 1.01. The monoisotopic (exact) mass is 307 g/mol. The summed E-state index contributed by atoms with van der Waals surface area (Å²) in [6.07, 6.45) is 1.19. The molecule has 0 radical (unpaired) electrons. The van der Waals surface area contributed by atoms with E-state index in [0.29, 0.717) is 12.8 Å². The van der Waals surface area contributed by atoms with Crippen LogP contribution in [0.25, 0.3) is 0 Å². The van der Waals surface area contributed by atoms with Gasteiger partial charge in [-0.3, -0.25) is 14.9 Å². The molecular weight excluding hydrogens is 290 g/mol. The molecule has 21 heavy (non-hydrogen) atoms. The van der Waals surface area contributed by atoms with Gasteiger partial charge in [-0.25, -0.2) is 8.42 Å². The van der Waals surface area contributed by atoms with Crippen molar-refractivity contribution in [1.82, 2.24) is 5.32 Å². The Morgan fingerprint density at radius 3 is 2.52 bits per heavy atom. The minimum absolute atomic E-state index is 0.0846. The lowest BCUT2D eigenvalue weighted by Crippen LogP contribution is -2.55. The van der Waals surface area contributed by atoms with Crippen LogP contribution in [0.5, 0.6) is 0 Å². The first kappa shape index (κ1) is 14.3. The molecule has 6 heteroatoms. The maximum atomic E-state index is 12.4. The van der Waals surface area contributed by atoms with Gasteiger partial charge in [0.25, 0.3) is 0 Å². The van der Waals surface area contributed by atoms with Crippen molar-refractivity contribution >= 4 is 21.7 Å². The van der Waals surface area contributed by atoms with Crippen molar-refractivity contribution in [2.24, 2.45) is 5.41 Å². The van der Waals surface area contributed by atoms with Crippen molar-refractivity contribution in [2.45, 2.75) is 25.2 Å². The largest absolute Gasteiger partial charge is 0.296 e. The number of piperidine rings is 1. The molecule has 2 atom stereocenters. The molecule has 1 spiro atoms. The van der Waals surface area contributed by atoms with Crippen molar-refractivity contribution in [1.29, 1.82) is 0 Å². The fourth-order valence-electron chi connectivity index (χ4n) is 3.70. The molecular formula is C15H17NO4S. The standard InChI is InChI=1S/C15H17NO4S/c17-12-9-15(7-4-8-21(19,20)10-15)13(14(18)16-12)11-5-2-1-3-6-11/h1-3,5-6,13H,4,7-10H2,(H,16,17,18). The van der Waals surface area contributed by atoms with Crippen molar-refractivity contribution in [3.63, 3.8) is 0 Å². The van der Waals surface area contributed by atoms with Crippen LogP contribution in [0.4, 0.5) is 0 Å². The summed E-state index contributed by atoms with van der Waals surface area (Å²) in [4.78, 5) is 24.2. The molecule has 3 rings (SSSR count). The lowest BCUT2D eigenvalue weighted by molar-refractivity contribution is -0.139. The summed E-state index contributed by atoms with van der Waals surface area (Å²) in [5, 5.41) is 2.35. The zero-order valence-corrected chi connectivity index (χ0v) is 12.4. The minimum Gasteiger partial charge on any atom is -0.296 e. The number of amides is 2. The first-order valence-corrected chi connectivity index (χ1v) is 8.83. The van der Waals surface area contributed by atoms with E-state index in [9.17, 15) is 18.0 Å². The number of rotatable bonds is 1. The van der Waals surface area contributed by atoms with Gasteiger partial charge in [0.15, 0.2) is 9.84 Å². The number of benzene rings is 1. The van der Waals surface area contributed by atoms with Gasteiger partial charge < -0.3 is 0 Å². The minimum atomic E-state index is -3.21. The van der Waals surface area contributed by atoms with E-state index >= 15 is 0 Å². The Morgan fingerprint density at radius 1 is 1.14 bits per heavy atom. The Kier molecular flexibility index (Phi) is 3.36. The van der Waals surface area contributed by atoms with E-state index in [1.54, 1.807) is 0 Å². The highest BCUT2D eigenvalue weighted by Gasteiger charge is 2.52. The third-order valence-electron chi connectivity index (χ3n) is 4.42. The normalized spacial score (nSPS) is 31.9. The number of carbonyl (C=O) groups excluding carboxylic acids is 2. The molecule has 2 amide bonds. The van der Waals surface area contributed by atoms with E-state index in [4.69, 9.17) is 0 Å². The molecule has 112 valence electrons. The Morgan fingerprint density at radius 2 is 1.86 bits per heavy atom. The molecule has 2 saturated heterocycles. The SMILES string of the molecule is O=C1CC2(CCCS(=O)(=O)C2)C(c2ccccc2)C(=O)N1. The third-order valence-corrected chi connectivity index (χ3v) is 6.35. The van der Waals surface area contributed by atoms with E-state index < -0.39 is 21.2 Å². The van der Waals surface area contributed by atoms with E-state index in [0.717, 1.165) is 5.56 Å². The van der Waals surface area contributed by atoms with Crippen LogP contribution in [0.15, 0.2) is 30.3 Å². The second-order valence-corrected chi connectivity index (χ2v) is 8.17. The average molecular weight is 307 g/mol. The fourth-order valence-corrected chi connectivity index (χ4v) is 5.72. The smallest absolute Gasteiger partial charge is 0.234 e. The van der Waals surface area contributed by atoms with Crippen LogP contribution in [0.1, 0.15) is 30.7 Å². The van der Waals surface area contributed by atoms with E-state index in [1.807, 2.05) is 30.3 Å². The summed E-state index contributed by atoms with van der Waals surface area (Å²) in [5.74, 6) is -1.27. The summed E-state index contributed by atoms with van der Waals surface area (Å²) in [6, 6.07) is 9.14. The second-order valence-electron chi connectivity index (χ2n) is 5.99. The summed E-state index contributed by atoms with van der Waals surface area (Å²) in [7, 11) is -3.21. The first-order chi connectivity index (χ1) is 9.92. The number of nitrogens with one attached hydrogen (secondary N) is 1. The van der Waals surface area contributed by atoms with E-state index in [-0.39, 0.29) is 29.7 Å². The number of imide groups is 1. The number of hydrogen-bond donors (Lipinski definition) is 1. The number of sulfone groups is 1. The zero-order chi connectivity index (χ0) is 15.1. The van der Waals surface area contributed by atoms with Crippen molar-refractivity contribution < 1.29 is 18.0 Å². The lowest BCUT2D eigenvalue weighted by atomic mass is 9.66. The molecule has 5 nitrogen and oxygen atoms in total. The maximum Gasteiger partial charge on any atom is 0.234 e. The molecule has 0 aliphatic carbocycles. The molecule has 2 fully saturated rings. The van der Waals surface area contributed by atoms with Crippen molar-refractivity contribution in [2.75, 3.05) is 11.5 Å². The van der Waals surface area contributed by atoms with Gasteiger partial charge in [-0.1, -0.05) is 30.3 Å². The number of hydrogen-bond acceptors (Lipinski definition) is 4. The highest BCUT2D eigenvalue weighted by atomic mass is 32.2. The Labute approximate surface area is 123 Å². The second kappa shape index (κ2) is 4.94. The summed E-state index contributed by atoms with van der Waals surface area (Å²) < 4.78 is 24.1. The molecule has 2 heterocycles. The number of carbonyl (C=O) groups is 2. The molecule has 1 aromatic carbocycles. The quantitative estimate of drug-likeness (QED) is 0.785. The van der Waals surface area contributed by atoms with E-state index in [1.165, 1.54) is 0 Å². The van der Waals surface area contributed by atoms with Gasteiger partial charge in [0.2, 0.25) is 11.8 Å². The van der Waals surface area contributed by atoms with Crippen LogP contribution in [0, 0.1) is 5.41 Å². The van der Waals surface area contributed by atoms with Crippen LogP contribution in [-0.2, 0) is 19.4 Å². The molecule has 2 aliphatic heterocycles. The van der Waals surface area contributed by atoms with Gasteiger partial charge in [0, 0.05) is 11.8 Å². The summed E-state index contributed by atoms with van der Waals surface area (Å²) in [6.45, 7) is 0. The molecule has 0 aromatic heterocycles. The fraction of sp³-hybridized carbons (Fsp3) is 0.467. The molecule has 1 aromatic rings. The highest BCUT2D eigenvalue weighted by molar-refractivity contribution is 7.91. The highest BCUT2D eigenvalue weighted by Crippen LogP contribution is 2.48. The van der Waals surface area contributed by atoms with Crippen LogP contribution in [-0.4, -0.2) is 31.7 Å². The van der Waals surface area contributed by atoms with Gasteiger partial charge >= 0.3 is 0 Å². The van der Waals surface area contributed by atoms with Gasteiger partial charge in [-0.05, 0) is 18.4 Å². The van der Waals surface area contributed by atoms with Crippen molar-refractivity contribution in [3.05, 3.63) is 35.9 Å². The van der Waals surface area contributed by atoms with Crippen molar-refractivity contribution in [3.8, 4) is 0 Å². The van der Waals surface area contributed by atoms with Crippen LogP contribution >= 0.6 is 0 Å². The Hall–Kier alpha value is -1.69. The topological polar surface area (TPSA) is 80.3 Å². The zero-order valence-electron chi connectivity index (χ0n) is 11.5. The van der Waals surface area contributed by atoms with Crippen LogP contribution in [0.2, 0.25) is 0 Å². The molecule has 2 unspecified atom stereocenters. The first-order valence-electron chi connectivity index (χ1n) is 7.01. The van der Waals surface area contributed by atoms with E-state index in [2.05, 4.69) is 5.32 Å². The van der Waals surface area contributed by atoms with Crippen LogP contribution in [0.3, 0.4) is 0 Å². The molecule has 0 saturated carbocycles. The van der Waals surface area contributed by atoms with Gasteiger partial charge in [0.05, 0.1) is 17.4 Å². The molecule has 0 bridgehead atoms. The average Bonchev–Trinajstić information content (AvgIpc) is 2.37. The van der Waals surface area contributed by atoms with Gasteiger partial charge in [-0.15, -0.1) is 0 Å². The van der Waals surface area contributed by atoms with Gasteiger partial charge in [-0.2, -0.15) is 0 Å². The summed E-state index contributed by atoms with van der Waals surface area (Å²) >= 11 is 0. The third kappa shape index (κ3) is 2.60. The lowest BCUT2D eigenvalue weighted by Gasteiger charge is -2.44. The molecule has 1 N–H and O–H groups in total. The Balaban J connectivity index is 2.09. The molecule has 2 aliphatic rings. The predicted molar refractivity (Wildman–Crippen MR) is 77.3 cm³/mol. The van der Waals surface area contributed by atoms with Gasteiger partial charge in [0.1, 0.15) is 0 Å². The maximum absolute atomic E-state index is 12.4. The summed E-state index contributed by atoms with van der Waals surface area (Å²) in [5.41, 5.74) is -0.0164. The van der Waals surface area contributed by atoms with Crippen LogP contribution < -0.4 is 5.32 Å².